The number of aryl methyl sites for hydroxylation is 1. The van der Waals surface area contributed by atoms with Gasteiger partial charge in [0.25, 0.3) is 0 Å². The summed E-state index contributed by atoms with van der Waals surface area (Å²) in [5.41, 5.74) is 2.41. The highest BCUT2D eigenvalue weighted by Crippen LogP contribution is 2.22. The van der Waals surface area contributed by atoms with Crippen molar-refractivity contribution >= 4 is 33.1 Å². The Bertz CT molecular complexity index is 937. The molecule has 144 valence electrons. The van der Waals surface area contributed by atoms with Crippen LogP contribution in [0, 0.1) is 0 Å². The molecule has 1 N–H and O–H groups in total. The normalized spacial score (nSPS) is 12.3. The zero-order valence-corrected chi connectivity index (χ0v) is 16.7. The maximum atomic E-state index is 12.7. The number of hydrogen-bond acceptors (Lipinski definition) is 4. The first kappa shape index (κ1) is 20.6. The highest BCUT2D eigenvalue weighted by atomic mass is 32.2. The van der Waals surface area contributed by atoms with Gasteiger partial charge in [0.2, 0.25) is 15.9 Å². The number of rotatable bonds is 7. The fourth-order valence-electron chi connectivity index (χ4n) is 2.75. The molecule has 0 saturated carbocycles. The molecule has 0 radical (unpaired) electrons. The minimum Gasteiger partial charge on any atom is -0.324 e. The van der Waals surface area contributed by atoms with Crippen LogP contribution in [0.15, 0.2) is 48.5 Å². The van der Waals surface area contributed by atoms with Crippen molar-refractivity contribution in [3.05, 3.63) is 59.7 Å². The topological polar surface area (TPSA) is 83.6 Å². The summed E-state index contributed by atoms with van der Waals surface area (Å²) < 4.78 is 25.8. The molecule has 0 aliphatic carbocycles. The largest absolute Gasteiger partial charge is 0.324 e. The van der Waals surface area contributed by atoms with Crippen LogP contribution < -0.4 is 9.62 Å². The van der Waals surface area contributed by atoms with Crippen LogP contribution in [-0.4, -0.2) is 32.4 Å². The molecule has 7 heteroatoms. The van der Waals surface area contributed by atoms with E-state index in [9.17, 15) is 18.0 Å². The SMILES string of the molecule is CCc1ccc(N(C(C)C(=O)Nc2cccc(C(C)=O)c2)S(C)(=O)=O)cc1. The van der Waals surface area contributed by atoms with Crippen molar-refractivity contribution in [3.8, 4) is 0 Å². The van der Waals surface area contributed by atoms with Crippen molar-refractivity contribution in [3.63, 3.8) is 0 Å². The molecule has 0 aliphatic rings. The number of nitrogens with one attached hydrogen (secondary N) is 1. The number of carbonyl (C=O) groups excluding carboxylic acids is 2. The summed E-state index contributed by atoms with van der Waals surface area (Å²) in [5, 5.41) is 2.68. The number of Topliss-reactive ketones (excluding diaryl/α,β-unsaturated/α-hetero) is 1. The molecule has 1 atom stereocenters. The van der Waals surface area contributed by atoms with Gasteiger partial charge in [0.15, 0.2) is 5.78 Å². The average Bonchev–Trinajstić information content (AvgIpc) is 2.61. The van der Waals surface area contributed by atoms with E-state index in [-0.39, 0.29) is 5.78 Å². The van der Waals surface area contributed by atoms with Crippen LogP contribution in [0.4, 0.5) is 11.4 Å². The Morgan fingerprint density at radius 2 is 1.74 bits per heavy atom. The van der Waals surface area contributed by atoms with Crippen LogP contribution in [-0.2, 0) is 21.2 Å². The summed E-state index contributed by atoms with van der Waals surface area (Å²) in [5.74, 6) is -0.603. The third-order valence-corrected chi connectivity index (χ3v) is 5.47. The average molecular weight is 388 g/mol. The van der Waals surface area contributed by atoms with Gasteiger partial charge in [-0.25, -0.2) is 8.42 Å². The summed E-state index contributed by atoms with van der Waals surface area (Å²) in [6.45, 7) is 4.97. The van der Waals surface area contributed by atoms with Gasteiger partial charge >= 0.3 is 0 Å². The van der Waals surface area contributed by atoms with Gasteiger partial charge in [-0.2, -0.15) is 0 Å². The number of nitrogens with zero attached hydrogens (tertiary/aromatic N) is 1. The van der Waals surface area contributed by atoms with Crippen LogP contribution in [0.5, 0.6) is 0 Å². The second kappa shape index (κ2) is 8.35. The second-order valence-electron chi connectivity index (χ2n) is 6.38. The van der Waals surface area contributed by atoms with Gasteiger partial charge in [-0.15, -0.1) is 0 Å². The molecule has 0 aromatic heterocycles. The predicted octanol–water partition coefficient (Wildman–Crippen LogP) is 3.24. The van der Waals surface area contributed by atoms with E-state index in [1.54, 1.807) is 36.4 Å². The number of sulfonamides is 1. The lowest BCUT2D eigenvalue weighted by Gasteiger charge is -2.28. The smallest absolute Gasteiger partial charge is 0.247 e. The molecule has 0 bridgehead atoms. The van der Waals surface area contributed by atoms with Crippen LogP contribution in [0.1, 0.15) is 36.7 Å². The molecule has 2 aromatic rings. The highest BCUT2D eigenvalue weighted by molar-refractivity contribution is 7.92. The summed E-state index contributed by atoms with van der Waals surface area (Å²) >= 11 is 0. The number of benzene rings is 2. The first-order valence-electron chi connectivity index (χ1n) is 8.63. The first-order valence-corrected chi connectivity index (χ1v) is 10.5. The number of amides is 1. The molecule has 2 aromatic carbocycles. The Labute approximate surface area is 160 Å². The number of ketones is 1. The molecular formula is C20H24N2O4S. The minimum atomic E-state index is -3.68. The number of hydrogen-bond donors (Lipinski definition) is 1. The van der Waals surface area contributed by atoms with Crippen LogP contribution in [0.25, 0.3) is 0 Å². The lowest BCUT2D eigenvalue weighted by Crippen LogP contribution is -2.45. The van der Waals surface area contributed by atoms with Crippen molar-refractivity contribution in [1.29, 1.82) is 0 Å². The standard InChI is InChI=1S/C20H24N2O4S/c1-5-16-9-11-19(12-10-16)22(27(4,25)26)14(2)20(24)21-18-8-6-7-17(13-18)15(3)23/h6-14H,5H2,1-4H3,(H,21,24). The Hall–Kier alpha value is -2.67. The number of carbonyl (C=O) groups is 2. The zero-order valence-electron chi connectivity index (χ0n) is 15.9. The van der Waals surface area contributed by atoms with Gasteiger partial charge in [0.05, 0.1) is 11.9 Å². The van der Waals surface area contributed by atoms with Crippen molar-refractivity contribution < 1.29 is 18.0 Å². The fraction of sp³-hybridized carbons (Fsp3) is 0.300. The highest BCUT2D eigenvalue weighted by Gasteiger charge is 2.29. The number of anilines is 2. The summed E-state index contributed by atoms with van der Waals surface area (Å²) in [6, 6.07) is 12.6. The van der Waals surface area contributed by atoms with Crippen LogP contribution in [0.3, 0.4) is 0 Å². The van der Waals surface area contributed by atoms with E-state index >= 15 is 0 Å². The van der Waals surface area contributed by atoms with Gasteiger partial charge in [-0.05, 0) is 50.1 Å². The molecule has 0 heterocycles. The van der Waals surface area contributed by atoms with Crippen molar-refractivity contribution in [2.45, 2.75) is 33.2 Å². The second-order valence-corrected chi connectivity index (χ2v) is 8.24. The summed E-state index contributed by atoms with van der Waals surface area (Å²) in [6.07, 6.45) is 1.91. The van der Waals surface area contributed by atoms with E-state index in [4.69, 9.17) is 0 Å². The van der Waals surface area contributed by atoms with E-state index in [1.165, 1.54) is 13.8 Å². The summed E-state index contributed by atoms with van der Waals surface area (Å²) in [7, 11) is -3.68. The molecular weight excluding hydrogens is 364 g/mol. The first-order chi connectivity index (χ1) is 12.6. The van der Waals surface area contributed by atoms with Gasteiger partial charge in [0, 0.05) is 11.3 Å². The van der Waals surface area contributed by atoms with E-state index in [1.807, 2.05) is 19.1 Å². The molecule has 1 unspecified atom stereocenters. The molecule has 1 amide bonds. The molecule has 0 fully saturated rings. The lowest BCUT2D eigenvalue weighted by atomic mass is 10.1. The maximum absolute atomic E-state index is 12.7. The Morgan fingerprint density at radius 3 is 2.26 bits per heavy atom. The lowest BCUT2D eigenvalue weighted by molar-refractivity contribution is -0.116. The van der Waals surface area contributed by atoms with Gasteiger partial charge in [0.1, 0.15) is 6.04 Å². The fourth-order valence-corrected chi connectivity index (χ4v) is 3.92. The van der Waals surface area contributed by atoms with Crippen molar-refractivity contribution in [2.75, 3.05) is 15.9 Å². The Morgan fingerprint density at radius 1 is 1.11 bits per heavy atom. The maximum Gasteiger partial charge on any atom is 0.247 e. The van der Waals surface area contributed by atoms with E-state index < -0.39 is 22.0 Å². The molecule has 27 heavy (non-hydrogen) atoms. The van der Waals surface area contributed by atoms with Gasteiger partial charge in [-0.1, -0.05) is 31.2 Å². The molecule has 6 nitrogen and oxygen atoms in total. The molecule has 0 aliphatic heterocycles. The minimum absolute atomic E-state index is 0.118. The van der Waals surface area contributed by atoms with E-state index in [0.29, 0.717) is 16.9 Å². The van der Waals surface area contributed by atoms with Crippen molar-refractivity contribution in [2.24, 2.45) is 0 Å². The molecule has 2 rings (SSSR count). The van der Waals surface area contributed by atoms with Crippen LogP contribution in [0.2, 0.25) is 0 Å². The van der Waals surface area contributed by atoms with Crippen molar-refractivity contribution in [1.82, 2.24) is 0 Å². The quantitative estimate of drug-likeness (QED) is 0.738. The monoisotopic (exact) mass is 388 g/mol. The summed E-state index contributed by atoms with van der Waals surface area (Å²) in [4.78, 5) is 24.2. The van der Waals surface area contributed by atoms with Crippen LogP contribution >= 0.6 is 0 Å². The van der Waals surface area contributed by atoms with E-state index in [2.05, 4.69) is 5.32 Å². The Kier molecular flexibility index (Phi) is 6.38. The predicted molar refractivity (Wildman–Crippen MR) is 108 cm³/mol. The zero-order chi connectivity index (χ0) is 20.2. The molecule has 0 spiro atoms. The Balaban J connectivity index is 2.29. The van der Waals surface area contributed by atoms with E-state index in [0.717, 1.165) is 22.5 Å². The van der Waals surface area contributed by atoms with Gasteiger partial charge in [-0.3, -0.25) is 13.9 Å². The third kappa shape index (κ3) is 5.17. The third-order valence-electron chi connectivity index (χ3n) is 4.22. The van der Waals surface area contributed by atoms with Gasteiger partial charge < -0.3 is 5.32 Å². The molecule has 0 saturated heterocycles.